The van der Waals surface area contributed by atoms with Crippen molar-refractivity contribution >= 4 is 11.6 Å². The lowest BCUT2D eigenvalue weighted by molar-refractivity contribution is -0.117. The number of nitrogens with one attached hydrogen (secondary N) is 1. The van der Waals surface area contributed by atoms with E-state index >= 15 is 0 Å². The van der Waals surface area contributed by atoms with Crippen LogP contribution in [0.15, 0.2) is 77.6 Å². The smallest absolute Gasteiger partial charge is 0.270 e. The minimum atomic E-state index is -0.378. The maximum Gasteiger partial charge on any atom is 0.270 e. The number of amides is 1. The summed E-state index contributed by atoms with van der Waals surface area (Å²) in [4.78, 5) is 26.2. The molecule has 1 N–H and O–H groups in total. The van der Waals surface area contributed by atoms with Crippen molar-refractivity contribution in [3.05, 3.63) is 99.8 Å². The maximum absolute atomic E-state index is 13.4. The second-order valence-electron chi connectivity index (χ2n) is 8.53. The molecule has 1 aromatic heterocycles. The zero-order chi connectivity index (χ0) is 25.1. The summed E-state index contributed by atoms with van der Waals surface area (Å²) in [5, 5.41) is 7.33. The van der Waals surface area contributed by atoms with E-state index < -0.39 is 0 Å². The summed E-state index contributed by atoms with van der Waals surface area (Å²) >= 11 is 0. The molecule has 0 saturated carbocycles. The predicted octanol–water partition coefficient (Wildman–Crippen LogP) is 4.19. The van der Waals surface area contributed by atoms with Crippen LogP contribution in [0.1, 0.15) is 16.7 Å². The monoisotopic (exact) mass is 483 g/mol. The number of nitrogens with zero attached hydrogens (tertiary/aromatic N) is 2. The topological polar surface area (TPSA) is 91.7 Å². The van der Waals surface area contributed by atoms with Crippen molar-refractivity contribution in [2.75, 3.05) is 19.2 Å². The molecule has 8 heteroatoms. The third kappa shape index (κ3) is 5.07. The van der Waals surface area contributed by atoms with Crippen LogP contribution in [0, 0.1) is 6.92 Å². The summed E-state index contributed by atoms with van der Waals surface area (Å²) in [7, 11) is 1.60. The molecule has 4 aromatic rings. The molecule has 0 unspecified atom stereocenters. The number of carbonyl (C=O) groups is 1. The van der Waals surface area contributed by atoms with E-state index in [1.807, 2.05) is 55.5 Å². The van der Waals surface area contributed by atoms with Gasteiger partial charge in [-0.05, 0) is 42.8 Å². The van der Waals surface area contributed by atoms with Gasteiger partial charge < -0.3 is 19.5 Å². The molecule has 8 nitrogen and oxygen atoms in total. The van der Waals surface area contributed by atoms with Crippen LogP contribution in [0.2, 0.25) is 0 Å². The van der Waals surface area contributed by atoms with Crippen LogP contribution in [0.3, 0.4) is 0 Å². The zero-order valence-corrected chi connectivity index (χ0v) is 20.0. The Labute approximate surface area is 208 Å². The van der Waals surface area contributed by atoms with Crippen LogP contribution < -0.4 is 25.1 Å². The molecule has 0 spiro atoms. The highest BCUT2D eigenvalue weighted by atomic mass is 16.7. The van der Waals surface area contributed by atoms with E-state index in [2.05, 4.69) is 10.4 Å². The van der Waals surface area contributed by atoms with Gasteiger partial charge in [0.25, 0.3) is 5.56 Å². The highest BCUT2D eigenvalue weighted by molar-refractivity contribution is 5.91. The Morgan fingerprint density at radius 2 is 1.83 bits per heavy atom. The summed E-state index contributed by atoms with van der Waals surface area (Å²) in [6, 6.07) is 22.4. The second-order valence-corrected chi connectivity index (χ2v) is 8.53. The second kappa shape index (κ2) is 9.95. The normalized spacial score (nSPS) is 11.8. The number of hydrogen-bond donors (Lipinski definition) is 1. The van der Waals surface area contributed by atoms with Gasteiger partial charge in [0, 0.05) is 29.3 Å². The van der Waals surface area contributed by atoms with Crippen molar-refractivity contribution in [2.24, 2.45) is 0 Å². The molecule has 182 valence electrons. The number of methoxy groups -OCH3 is 1. The van der Waals surface area contributed by atoms with Crippen LogP contribution >= 0.6 is 0 Å². The van der Waals surface area contributed by atoms with Crippen LogP contribution in [0.25, 0.3) is 11.3 Å². The molecule has 1 aliphatic heterocycles. The van der Waals surface area contributed by atoms with E-state index in [1.54, 1.807) is 31.4 Å². The molecule has 5 rings (SSSR count). The Bertz CT molecular complexity index is 1480. The number of carbonyl (C=O) groups excluding carboxylic acids is 1. The first-order chi connectivity index (χ1) is 17.5. The average Bonchev–Trinajstić information content (AvgIpc) is 3.35. The molecular weight excluding hydrogens is 458 g/mol. The van der Waals surface area contributed by atoms with Gasteiger partial charge in [0.1, 0.15) is 12.3 Å². The molecule has 1 aliphatic rings. The van der Waals surface area contributed by atoms with E-state index in [0.29, 0.717) is 40.6 Å². The molecule has 0 bridgehead atoms. The number of benzene rings is 3. The van der Waals surface area contributed by atoms with Crippen molar-refractivity contribution in [1.82, 2.24) is 9.78 Å². The van der Waals surface area contributed by atoms with Gasteiger partial charge in [0.2, 0.25) is 12.7 Å². The Morgan fingerprint density at radius 3 is 2.64 bits per heavy atom. The highest BCUT2D eigenvalue weighted by Gasteiger charge is 2.16. The molecule has 3 aromatic carbocycles. The fraction of sp³-hybridized carbons (Fsp3) is 0.179. The van der Waals surface area contributed by atoms with Gasteiger partial charge in [-0.2, -0.15) is 5.10 Å². The highest BCUT2D eigenvalue weighted by Crippen LogP contribution is 2.34. The number of hydrogen-bond acceptors (Lipinski definition) is 6. The number of aryl methyl sites for hydroxylation is 1. The molecule has 0 radical (unpaired) electrons. The molecule has 36 heavy (non-hydrogen) atoms. The van der Waals surface area contributed by atoms with Gasteiger partial charge in [0.05, 0.1) is 12.8 Å². The molecular formula is C28H25N3O5. The third-order valence-corrected chi connectivity index (χ3v) is 5.87. The van der Waals surface area contributed by atoms with Crippen LogP contribution in [-0.4, -0.2) is 29.6 Å². The van der Waals surface area contributed by atoms with Crippen LogP contribution in [-0.2, 0) is 17.8 Å². The van der Waals surface area contributed by atoms with E-state index in [4.69, 9.17) is 14.2 Å². The first kappa shape index (κ1) is 23.2. The summed E-state index contributed by atoms with van der Waals surface area (Å²) in [5.41, 5.74) is 4.26. The summed E-state index contributed by atoms with van der Waals surface area (Å²) < 4.78 is 17.2. The number of fused-ring (bicyclic) bond motifs is 1. The van der Waals surface area contributed by atoms with Crippen molar-refractivity contribution in [3.63, 3.8) is 0 Å². The Kier molecular flexibility index (Phi) is 6.40. The van der Waals surface area contributed by atoms with Crippen molar-refractivity contribution in [3.8, 4) is 28.5 Å². The minimum absolute atomic E-state index is 0.147. The van der Waals surface area contributed by atoms with Crippen molar-refractivity contribution < 1.29 is 19.0 Å². The van der Waals surface area contributed by atoms with Gasteiger partial charge in [-0.25, -0.2) is 4.68 Å². The van der Waals surface area contributed by atoms with Gasteiger partial charge >= 0.3 is 0 Å². The molecule has 0 fully saturated rings. The number of anilines is 1. The standard InChI is InChI=1S/C28H25N3O5/c1-18-6-8-20(9-7-18)24-14-21(12-19-4-3-5-23(13-19)34-2)28(33)31(30-24)16-27(32)29-22-10-11-25-26(15-22)36-17-35-25/h3-11,13-15H,12,16-17H2,1-2H3,(H,29,32). The van der Waals surface area contributed by atoms with Gasteiger partial charge in [-0.1, -0.05) is 42.0 Å². The van der Waals surface area contributed by atoms with E-state index in [9.17, 15) is 9.59 Å². The predicted molar refractivity (Wildman–Crippen MR) is 136 cm³/mol. The zero-order valence-electron chi connectivity index (χ0n) is 20.0. The van der Waals surface area contributed by atoms with Gasteiger partial charge in [0.15, 0.2) is 11.5 Å². The first-order valence-electron chi connectivity index (χ1n) is 11.5. The molecule has 0 atom stereocenters. The van der Waals surface area contributed by atoms with Crippen molar-refractivity contribution in [2.45, 2.75) is 19.9 Å². The Balaban J connectivity index is 1.46. The quantitative estimate of drug-likeness (QED) is 0.424. The Morgan fingerprint density at radius 1 is 1.03 bits per heavy atom. The Hall–Kier alpha value is -4.59. The lowest BCUT2D eigenvalue weighted by Gasteiger charge is -2.12. The summed E-state index contributed by atoms with van der Waals surface area (Å²) in [6.45, 7) is 1.92. The van der Waals surface area contributed by atoms with Crippen LogP contribution in [0.4, 0.5) is 5.69 Å². The summed E-state index contributed by atoms with van der Waals surface area (Å²) in [5.74, 6) is 1.52. The SMILES string of the molecule is COc1cccc(Cc2cc(-c3ccc(C)cc3)nn(CC(=O)Nc3ccc4c(c3)OCO4)c2=O)c1. The fourth-order valence-corrected chi connectivity index (χ4v) is 4.01. The lowest BCUT2D eigenvalue weighted by atomic mass is 10.0. The average molecular weight is 484 g/mol. The van der Waals surface area contributed by atoms with E-state index in [0.717, 1.165) is 16.7 Å². The molecule has 0 aliphatic carbocycles. The first-order valence-corrected chi connectivity index (χ1v) is 11.5. The van der Waals surface area contributed by atoms with Gasteiger partial charge in [-0.15, -0.1) is 0 Å². The number of rotatable bonds is 7. The minimum Gasteiger partial charge on any atom is -0.497 e. The maximum atomic E-state index is 13.4. The third-order valence-electron chi connectivity index (χ3n) is 5.87. The van der Waals surface area contributed by atoms with Crippen molar-refractivity contribution in [1.29, 1.82) is 0 Å². The molecule has 0 saturated heterocycles. The number of aromatic nitrogens is 2. The molecule has 2 heterocycles. The number of ether oxygens (including phenoxy) is 3. The fourth-order valence-electron chi connectivity index (χ4n) is 4.01. The lowest BCUT2D eigenvalue weighted by Crippen LogP contribution is -2.32. The van der Waals surface area contributed by atoms with Crippen LogP contribution in [0.5, 0.6) is 17.2 Å². The van der Waals surface area contributed by atoms with E-state index in [-0.39, 0.29) is 24.8 Å². The largest absolute Gasteiger partial charge is 0.497 e. The molecule has 1 amide bonds. The van der Waals surface area contributed by atoms with Gasteiger partial charge in [-0.3, -0.25) is 9.59 Å². The van der Waals surface area contributed by atoms with E-state index in [1.165, 1.54) is 4.68 Å². The summed E-state index contributed by atoms with van der Waals surface area (Å²) in [6.07, 6.45) is 0.376.